The molecule has 4 amide bonds. The molecule has 3 aliphatic heterocycles. The lowest BCUT2D eigenvalue weighted by Crippen LogP contribution is -2.72. The molecule has 44 heavy (non-hydrogen) atoms. The Hall–Kier alpha value is -5.37. The van der Waals surface area contributed by atoms with E-state index >= 15 is 0 Å². The fourth-order valence-electron chi connectivity index (χ4n) is 6.89. The van der Waals surface area contributed by atoms with Gasteiger partial charge in [0.25, 0.3) is 0 Å². The minimum atomic E-state index is -1.21. The quantitative estimate of drug-likeness (QED) is 0.272. The van der Waals surface area contributed by atoms with Gasteiger partial charge in [-0.25, -0.2) is 14.4 Å². The molecule has 0 aliphatic carbocycles. The first kappa shape index (κ1) is 27.5. The van der Waals surface area contributed by atoms with Crippen LogP contribution in [-0.2, 0) is 4.79 Å². The average Bonchev–Trinajstić information content (AvgIpc) is 3.22. The maximum absolute atomic E-state index is 14.8. The number of piperazine rings is 1. The zero-order valence-corrected chi connectivity index (χ0v) is 24.1. The largest absolute Gasteiger partial charge is 0.480 e. The second-order valence-electron chi connectivity index (χ2n) is 11.4. The zero-order valence-electron chi connectivity index (χ0n) is 24.1. The third-order valence-corrected chi connectivity index (χ3v) is 8.82. The number of hydrogen-bond acceptors (Lipinski definition) is 3. The number of carboxylic acid groups (broad SMARTS) is 1. The summed E-state index contributed by atoms with van der Waals surface area (Å²) in [6, 6.07) is 31.0. The maximum Gasteiger partial charge on any atom is 0.329 e. The van der Waals surface area contributed by atoms with Gasteiger partial charge in [0.2, 0.25) is 0 Å². The van der Waals surface area contributed by atoms with Gasteiger partial charge in [-0.1, -0.05) is 84.9 Å². The number of fused-ring (bicyclic) bond motifs is 4. The fourth-order valence-corrected chi connectivity index (χ4v) is 6.89. The van der Waals surface area contributed by atoms with Gasteiger partial charge in [0.15, 0.2) is 6.04 Å². The number of carbonyl (C=O) groups excluding carboxylic acids is 2. The number of urea groups is 2. The van der Waals surface area contributed by atoms with Crippen LogP contribution in [0.15, 0.2) is 109 Å². The summed E-state index contributed by atoms with van der Waals surface area (Å²) < 4.78 is 0. The second-order valence-corrected chi connectivity index (χ2v) is 11.4. The molecule has 0 aromatic heterocycles. The summed E-state index contributed by atoms with van der Waals surface area (Å²) in [6.07, 6.45) is 5.93. The van der Waals surface area contributed by atoms with Gasteiger partial charge in [0, 0.05) is 6.54 Å². The predicted octanol–water partition coefficient (Wildman–Crippen LogP) is 7.38. The van der Waals surface area contributed by atoms with E-state index in [0.717, 1.165) is 28.9 Å². The summed E-state index contributed by atoms with van der Waals surface area (Å²) in [6.45, 7) is 0.115. The van der Waals surface area contributed by atoms with E-state index in [2.05, 4.69) is 0 Å². The number of hydrogen-bond donors (Lipinski definition) is 1. The predicted molar refractivity (Wildman–Crippen MR) is 171 cm³/mol. The first-order valence-corrected chi connectivity index (χ1v) is 14.9. The topological polar surface area (TPSA) is 84.4 Å². The number of para-hydroxylation sites is 4. The van der Waals surface area contributed by atoms with Crippen LogP contribution in [0.25, 0.3) is 12.2 Å². The lowest BCUT2D eigenvalue weighted by Gasteiger charge is -2.54. The Labute approximate surface area is 256 Å². The van der Waals surface area contributed by atoms with Gasteiger partial charge in [-0.3, -0.25) is 9.80 Å². The van der Waals surface area contributed by atoms with Crippen molar-refractivity contribution in [3.8, 4) is 0 Å². The van der Waals surface area contributed by atoms with Crippen LogP contribution in [0.2, 0.25) is 0 Å². The molecule has 1 N–H and O–H groups in total. The van der Waals surface area contributed by atoms with Crippen LogP contribution in [-0.4, -0.2) is 57.6 Å². The van der Waals surface area contributed by atoms with E-state index in [-0.39, 0.29) is 18.6 Å². The SMILES string of the molecule is O=C(O)[C@@H]1[C@H]2CCC[C@@H](CN1C(=O)N(c1ccccc1)c1ccccc1)N2C(=O)N1c2ccccc2C=Cc2ccccc21. The van der Waals surface area contributed by atoms with Crippen molar-refractivity contribution in [3.63, 3.8) is 0 Å². The first-order chi connectivity index (χ1) is 21.5. The van der Waals surface area contributed by atoms with Crippen molar-refractivity contribution >= 4 is 52.9 Å². The highest BCUT2D eigenvalue weighted by atomic mass is 16.4. The molecule has 0 radical (unpaired) electrons. The number of anilines is 4. The van der Waals surface area contributed by atoms with Gasteiger partial charge in [-0.15, -0.1) is 0 Å². The Morgan fingerprint density at radius 1 is 0.682 bits per heavy atom. The van der Waals surface area contributed by atoms with Crippen molar-refractivity contribution in [1.29, 1.82) is 0 Å². The monoisotopic (exact) mass is 584 g/mol. The zero-order chi connectivity index (χ0) is 30.2. The Kier molecular flexibility index (Phi) is 7.10. The van der Waals surface area contributed by atoms with E-state index in [1.54, 1.807) is 14.7 Å². The lowest BCUT2D eigenvalue weighted by molar-refractivity contribution is -0.148. The van der Waals surface area contributed by atoms with Gasteiger partial charge in [0.1, 0.15) is 0 Å². The molecule has 4 aromatic carbocycles. The minimum absolute atomic E-state index is 0.115. The molecule has 2 saturated heterocycles. The van der Waals surface area contributed by atoms with Gasteiger partial charge in [0.05, 0.1) is 34.8 Å². The number of carbonyl (C=O) groups is 3. The molecule has 2 fully saturated rings. The Bertz CT molecular complexity index is 1650. The molecule has 0 spiro atoms. The summed E-state index contributed by atoms with van der Waals surface area (Å²) in [7, 11) is 0. The molecule has 4 aromatic rings. The maximum atomic E-state index is 14.8. The fraction of sp³-hybridized carbons (Fsp3) is 0.194. The van der Waals surface area contributed by atoms with E-state index < -0.39 is 24.1 Å². The molecule has 3 heterocycles. The Balaban J connectivity index is 1.29. The Morgan fingerprint density at radius 3 is 1.75 bits per heavy atom. The molecule has 8 nitrogen and oxygen atoms in total. The number of likely N-dealkylation sites (tertiary alicyclic amines) is 1. The van der Waals surface area contributed by atoms with Crippen LogP contribution >= 0.6 is 0 Å². The van der Waals surface area contributed by atoms with E-state index in [1.807, 2.05) is 121 Å². The average molecular weight is 585 g/mol. The summed E-state index contributed by atoms with van der Waals surface area (Å²) in [5.41, 5.74) is 4.55. The molecule has 220 valence electrons. The number of nitrogens with zero attached hydrogens (tertiary/aromatic N) is 4. The number of aliphatic carboxylic acids is 1. The van der Waals surface area contributed by atoms with Gasteiger partial charge >= 0.3 is 18.0 Å². The number of benzene rings is 4. The van der Waals surface area contributed by atoms with Crippen molar-refractivity contribution in [2.45, 2.75) is 37.4 Å². The van der Waals surface area contributed by atoms with Gasteiger partial charge in [-0.05, 0) is 66.8 Å². The van der Waals surface area contributed by atoms with Crippen LogP contribution in [0.5, 0.6) is 0 Å². The van der Waals surface area contributed by atoms with Crippen LogP contribution < -0.4 is 9.80 Å². The summed E-state index contributed by atoms with van der Waals surface area (Å²) in [5.74, 6) is -1.12. The minimum Gasteiger partial charge on any atom is -0.480 e. The smallest absolute Gasteiger partial charge is 0.329 e. The summed E-state index contributed by atoms with van der Waals surface area (Å²) in [4.78, 5) is 48.8. The standard InChI is InChI=1S/C36H32N4O4/c41-34(42)33-32-21-11-18-29(24-37(33)35(43)38(27-14-3-1-4-15-27)28-16-5-2-6-17-28)39(32)36(44)40-30-19-9-7-12-25(30)22-23-26-13-8-10-20-31(26)40/h1-10,12-17,19-20,22-23,29,32-33H,11,18,21,24H2,(H,41,42)/t29-,32+,33-/m0/s1. The van der Waals surface area contributed by atoms with Crippen LogP contribution in [0.1, 0.15) is 30.4 Å². The van der Waals surface area contributed by atoms with Crippen molar-refractivity contribution in [2.24, 2.45) is 0 Å². The molecular formula is C36H32N4O4. The van der Waals surface area contributed by atoms with E-state index in [0.29, 0.717) is 24.2 Å². The molecule has 8 heteroatoms. The molecule has 7 rings (SSSR count). The van der Waals surface area contributed by atoms with Crippen molar-refractivity contribution in [3.05, 3.63) is 120 Å². The van der Waals surface area contributed by atoms with E-state index in [1.165, 1.54) is 4.90 Å². The van der Waals surface area contributed by atoms with Gasteiger partial charge in [-0.2, -0.15) is 0 Å². The van der Waals surface area contributed by atoms with Crippen LogP contribution in [0, 0.1) is 0 Å². The molecular weight excluding hydrogens is 552 g/mol. The number of amides is 4. The number of piperidine rings is 1. The molecule has 0 saturated carbocycles. The highest BCUT2D eigenvalue weighted by Gasteiger charge is 2.52. The molecule has 3 aliphatic rings. The Morgan fingerprint density at radius 2 is 1.20 bits per heavy atom. The third kappa shape index (κ3) is 4.68. The summed E-state index contributed by atoms with van der Waals surface area (Å²) in [5, 5.41) is 10.7. The van der Waals surface area contributed by atoms with Crippen molar-refractivity contribution < 1.29 is 19.5 Å². The lowest BCUT2D eigenvalue weighted by atomic mass is 9.86. The normalized spacial score (nSPS) is 20.3. The highest BCUT2D eigenvalue weighted by molar-refractivity contribution is 6.06. The van der Waals surface area contributed by atoms with Crippen LogP contribution in [0.3, 0.4) is 0 Å². The molecule has 2 bridgehead atoms. The van der Waals surface area contributed by atoms with Crippen LogP contribution in [0.4, 0.5) is 32.3 Å². The second kappa shape index (κ2) is 11.4. The summed E-state index contributed by atoms with van der Waals surface area (Å²) >= 11 is 0. The number of carboxylic acids is 1. The van der Waals surface area contributed by atoms with Crippen molar-refractivity contribution in [1.82, 2.24) is 9.80 Å². The third-order valence-electron chi connectivity index (χ3n) is 8.82. The highest BCUT2D eigenvalue weighted by Crippen LogP contribution is 2.41. The van der Waals surface area contributed by atoms with E-state index in [4.69, 9.17) is 0 Å². The first-order valence-electron chi connectivity index (χ1n) is 14.9. The molecule has 0 unspecified atom stereocenters. The van der Waals surface area contributed by atoms with E-state index in [9.17, 15) is 19.5 Å². The van der Waals surface area contributed by atoms with Gasteiger partial charge < -0.3 is 14.9 Å². The van der Waals surface area contributed by atoms with Crippen molar-refractivity contribution in [2.75, 3.05) is 16.3 Å². The number of rotatable bonds is 3. The molecule has 3 atom stereocenters.